The molecule has 1 N–H and O–H groups in total. The molecule has 84 valence electrons. The van der Waals surface area contributed by atoms with Gasteiger partial charge in [-0.05, 0) is 12.1 Å². The van der Waals surface area contributed by atoms with E-state index in [1.165, 1.54) is 14.2 Å². The van der Waals surface area contributed by atoms with Crippen molar-refractivity contribution in [3.05, 3.63) is 22.2 Å². The van der Waals surface area contributed by atoms with Crippen LogP contribution in [-0.2, 0) is 0 Å². The number of ether oxygens (including phenoxy) is 2. The highest BCUT2D eigenvalue weighted by Crippen LogP contribution is 2.37. The van der Waals surface area contributed by atoms with E-state index in [2.05, 4.69) is 15.9 Å². The third kappa shape index (κ3) is 2.60. The van der Waals surface area contributed by atoms with Gasteiger partial charge in [-0.1, -0.05) is 15.9 Å². The summed E-state index contributed by atoms with van der Waals surface area (Å²) in [6.07, 6.45) is -1.20. The van der Waals surface area contributed by atoms with E-state index in [-0.39, 0.29) is 0 Å². The Bertz CT molecular complexity index is 344. The molecular formula is C10H12BrFO3. The SMILES string of the molecule is COc1cc(Br)cc(C(O)CF)c1OC. The first kappa shape index (κ1) is 12.3. The summed E-state index contributed by atoms with van der Waals surface area (Å²) in [6.45, 7) is -0.865. The van der Waals surface area contributed by atoms with Gasteiger partial charge in [-0.25, -0.2) is 4.39 Å². The Labute approximate surface area is 95.9 Å². The first-order chi connectivity index (χ1) is 7.13. The van der Waals surface area contributed by atoms with Crippen LogP contribution in [0.2, 0.25) is 0 Å². The minimum Gasteiger partial charge on any atom is -0.493 e. The van der Waals surface area contributed by atoms with Crippen LogP contribution in [0.15, 0.2) is 16.6 Å². The lowest BCUT2D eigenvalue weighted by atomic mass is 10.1. The van der Waals surface area contributed by atoms with Gasteiger partial charge in [-0.15, -0.1) is 0 Å². The van der Waals surface area contributed by atoms with E-state index in [1.807, 2.05) is 0 Å². The van der Waals surface area contributed by atoms with Gasteiger partial charge < -0.3 is 14.6 Å². The van der Waals surface area contributed by atoms with Crippen LogP contribution in [0, 0.1) is 0 Å². The maximum Gasteiger partial charge on any atom is 0.166 e. The van der Waals surface area contributed by atoms with Gasteiger partial charge >= 0.3 is 0 Å². The standard InChI is InChI=1S/C10H12BrFO3/c1-14-9-4-6(11)3-7(8(13)5-12)10(9)15-2/h3-4,8,13H,5H2,1-2H3. The van der Waals surface area contributed by atoms with Gasteiger partial charge in [0.05, 0.1) is 14.2 Å². The van der Waals surface area contributed by atoms with Gasteiger partial charge in [-0.2, -0.15) is 0 Å². The van der Waals surface area contributed by atoms with Crippen LogP contribution < -0.4 is 9.47 Å². The molecule has 0 spiro atoms. The summed E-state index contributed by atoms with van der Waals surface area (Å²) >= 11 is 3.25. The van der Waals surface area contributed by atoms with Crippen LogP contribution in [0.3, 0.4) is 0 Å². The zero-order valence-corrected chi connectivity index (χ0v) is 10.0. The van der Waals surface area contributed by atoms with E-state index in [1.54, 1.807) is 12.1 Å². The molecule has 0 aromatic heterocycles. The normalized spacial score (nSPS) is 12.3. The average molecular weight is 279 g/mol. The van der Waals surface area contributed by atoms with Crippen molar-refractivity contribution in [2.45, 2.75) is 6.10 Å². The number of hydrogen-bond donors (Lipinski definition) is 1. The number of aliphatic hydroxyl groups excluding tert-OH is 1. The Kier molecular flexibility index (Phi) is 4.35. The molecule has 0 radical (unpaired) electrons. The molecule has 0 aliphatic carbocycles. The van der Waals surface area contributed by atoms with Gasteiger partial charge in [-0.3, -0.25) is 0 Å². The minimum atomic E-state index is -1.20. The summed E-state index contributed by atoms with van der Waals surface area (Å²) in [7, 11) is 2.93. The molecule has 1 rings (SSSR count). The molecule has 0 saturated carbocycles. The Morgan fingerprint density at radius 1 is 1.40 bits per heavy atom. The fraction of sp³-hybridized carbons (Fsp3) is 0.400. The third-order valence-electron chi connectivity index (χ3n) is 1.98. The minimum absolute atomic E-state index is 0.353. The molecular weight excluding hydrogens is 267 g/mol. The molecule has 0 heterocycles. The van der Waals surface area contributed by atoms with E-state index in [4.69, 9.17) is 9.47 Å². The Morgan fingerprint density at radius 3 is 2.53 bits per heavy atom. The molecule has 0 aliphatic rings. The molecule has 1 aromatic carbocycles. The number of halogens is 2. The first-order valence-electron chi connectivity index (χ1n) is 4.29. The number of rotatable bonds is 4. The van der Waals surface area contributed by atoms with Crippen molar-refractivity contribution in [1.82, 2.24) is 0 Å². The lowest BCUT2D eigenvalue weighted by molar-refractivity contribution is 0.137. The van der Waals surface area contributed by atoms with Crippen LogP contribution in [0.4, 0.5) is 4.39 Å². The van der Waals surface area contributed by atoms with Crippen molar-refractivity contribution in [2.75, 3.05) is 20.9 Å². The molecule has 0 aliphatic heterocycles. The van der Waals surface area contributed by atoms with Crippen molar-refractivity contribution >= 4 is 15.9 Å². The second kappa shape index (κ2) is 5.32. The van der Waals surface area contributed by atoms with Gasteiger partial charge in [0.25, 0.3) is 0 Å². The molecule has 0 amide bonds. The van der Waals surface area contributed by atoms with Crippen LogP contribution in [0.5, 0.6) is 11.5 Å². The van der Waals surface area contributed by atoms with E-state index in [0.29, 0.717) is 21.5 Å². The smallest absolute Gasteiger partial charge is 0.166 e. The summed E-state index contributed by atoms with van der Waals surface area (Å²) in [4.78, 5) is 0. The second-order valence-electron chi connectivity index (χ2n) is 2.90. The fourth-order valence-corrected chi connectivity index (χ4v) is 1.74. The molecule has 1 atom stereocenters. The van der Waals surface area contributed by atoms with Crippen LogP contribution >= 0.6 is 15.9 Å². The zero-order chi connectivity index (χ0) is 11.4. The molecule has 5 heteroatoms. The van der Waals surface area contributed by atoms with Crippen molar-refractivity contribution < 1.29 is 19.0 Å². The second-order valence-corrected chi connectivity index (χ2v) is 3.82. The largest absolute Gasteiger partial charge is 0.493 e. The van der Waals surface area contributed by atoms with Crippen molar-refractivity contribution in [1.29, 1.82) is 0 Å². The molecule has 0 saturated heterocycles. The summed E-state index contributed by atoms with van der Waals surface area (Å²) in [5, 5.41) is 9.45. The molecule has 3 nitrogen and oxygen atoms in total. The predicted molar refractivity (Wildman–Crippen MR) is 58.2 cm³/mol. The van der Waals surface area contributed by atoms with Gasteiger partial charge in [0.1, 0.15) is 12.8 Å². The van der Waals surface area contributed by atoms with E-state index in [9.17, 15) is 9.50 Å². The Morgan fingerprint density at radius 2 is 2.07 bits per heavy atom. The molecule has 0 bridgehead atoms. The van der Waals surface area contributed by atoms with Gasteiger partial charge in [0.15, 0.2) is 11.5 Å². The van der Waals surface area contributed by atoms with E-state index in [0.717, 1.165) is 0 Å². The monoisotopic (exact) mass is 278 g/mol. The summed E-state index contributed by atoms with van der Waals surface area (Å²) in [5.41, 5.74) is 0.367. The third-order valence-corrected chi connectivity index (χ3v) is 2.44. The van der Waals surface area contributed by atoms with Crippen molar-refractivity contribution in [2.24, 2.45) is 0 Å². The van der Waals surface area contributed by atoms with E-state index < -0.39 is 12.8 Å². The highest BCUT2D eigenvalue weighted by molar-refractivity contribution is 9.10. The Balaban J connectivity index is 3.28. The van der Waals surface area contributed by atoms with Crippen LogP contribution in [-0.4, -0.2) is 26.0 Å². The maximum absolute atomic E-state index is 12.4. The van der Waals surface area contributed by atoms with E-state index >= 15 is 0 Å². The van der Waals surface area contributed by atoms with Crippen molar-refractivity contribution in [3.8, 4) is 11.5 Å². The topological polar surface area (TPSA) is 38.7 Å². The number of aliphatic hydroxyl groups is 1. The van der Waals surface area contributed by atoms with Gasteiger partial charge in [0, 0.05) is 10.0 Å². The fourth-order valence-electron chi connectivity index (χ4n) is 1.29. The molecule has 0 fully saturated rings. The Hall–Kier alpha value is -0.810. The predicted octanol–water partition coefficient (Wildman–Crippen LogP) is 2.47. The number of hydrogen-bond acceptors (Lipinski definition) is 3. The summed E-state index contributed by atoms with van der Waals surface area (Å²) < 4.78 is 23.2. The highest BCUT2D eigenvalue weighted by atomic mass is 79.9. The number of alkyl halides is 1. The maximum atomic E-state index is 12.4. The number of benzene rings is 1. The van der Waals surface area contributed by atoms with Crippen LogP contribution in [0.1, 0.15) is 11.7 Å². The van der Waals surface area contributed by atoms with Crippen molar-refractivity contribution in [3.63, 3.8) is 0 Å². The molecule has 15 heavy (non-hydrogen) atoms. The van der Waals surface area contributed by atoms with Gasteiger partial charge in [0.2, 0.25) is 0 Å². The zero-order valence-electron chi connectivity index (χ0n) is 8.46. The average Bonchev–Trinajstić information content (AvgIpc) is 2.26. The summed E-state index contributed by atoms with van der Waals surface area (Å²) in [5.74, 6) is 0.806. The lowest BCUT2D eigenvalue weighted by Crippen LogP contribution is -2.04. The molecule has 1 aromatic rings. The first-order valence-corrected chi connectivity index (χ1v) is 5.08. The number of methoxy groups -OCH3 is 2. The quantitative estimate of drug-likeness (QED) is 0.920. The highest BCUT2D eigenvalue weighted by Gasteiger charge is 2.18. The summed E-state index contributed by atoms with van der Waals surface area (Å²) in [6, 6.07) is 3.29. The van der Waals surface area contributed by atoms with Crippen LogP contribution in [0.25, 0.3) is 0 Å². The molecule has 1 unspecified atom stereocenters. The lowest BCUT2D eigenvalue weighted by Gasteiger charge is -2.15.